The summed E-state index contributed by atoms with van der Waals surface area (Å²) >= 11 is 1.46. The highest BCUT2D eigenvalue weighted by atomic mass is 32.1. The number of carbonyl (C=O) groups is 1. The number of amides is 1. The second kappa shape index (κ2) is 6.49. The molecule has 3 rings (SSSR count). The summed E-state index contributed by atoms with van der Waals surface area (Å²) in [4.78, 5) is 17.2. The number of fused-ring (bicyclic) bond motifs is 1. The Morgan fingerprint density at radius 3 is 2.42 bits per heavy atom. The molecule has 0 aliphatic heterocycles. The van der Waals surface area contributed by atoms with Crippen molar-refractivity contribution in [3.63, 3.8) is 0 Å². The normalized spacial score (nSPS) is 10.7. The number of hydrogen-bond donors (Lipinski definition) is 1. The number of benzene rings is 2. The minimum Gasteiger partial charge on any atom is -0.496 e. The van der Waals surface area contributed by atoms with Crippen LogP contribution in [0.3, 0.4) is 0 Å². The summed E-state index contributed by atoms with van der Waals surface area (Å²) in [6.45, 7) is 4.08. The molecule has 0 aliphatic rings. The van der Waals surface area contributed by atoms with E-state index in [0.717, 1.165) is 21.3 Å². The van der Waals surface area contributed by atoms with E-state index in [1.807, 2.05) is 19.9 Å². The maximum atomic E-state index is 12.7. The molecule has 6 heteroatoms. The van der Waals surface area contributed by atoms with Crippen LogP contribution in [0.15, 0.2) is 30.3 Å². The number of nitrogens with zero attached hydrogens (tertiary/aromatic N) is 1. The Bertz CT molecular complexity index is 896. The van der Waals surface area contributed by atoms with E-state index >= 15 is 0 Å². The molecule has 0 fully saturated rings. The van der Waals surface area contributed by atoms with E-state index in [1.165, 1.54) is 25.6 Å². The van der Waals surface area contributed by atoms with Gasteiger partial charge in [-0.2, -0.15) is 0 Å². The van der Waals surface area contributed by atoms with E-state index in [2.05, 4.69) is 16.4 Å². The second-order valence-corrected chi connectivity index (χ2v) is 6.44. The highest BCUT2D eigenvalue weighted by Gasteiger charge is 2.19. The lowest BCUT2D eigenvalue weighted by molar-refractivity contribution is 0.102. The molecule has 2 aromatic carbocycles. The van der Waals surface area contributed by atoms with E-state index in [9.17, 15) is 4.79 Å². The van der Waals surface area contributed by atoms with Gasteiger partial charge in [-0.1, -0.05) is 23.5 Å². The van der Waals surface area contributed by atoms with Crippen molar-refractivity contribution in [2.24, 2.45) is 0 Å². The number of ether oxygens (including phenoxy) is 2. The standard InChI is InChI=1S/C18H18N2O3S/c1-10-8-11(2)16-12(9-10)19-18(24-16)20-17(21)15-13(22-3)6-5-7-14(15)23-4/h5-9H,1-4H3,(H,19,20,21). The second-order valence-electron chi connectivity index (χ2n) is 5.44. The molecule has 0 spiro atoms. The van der Waals surface area contributed by atoms with Crippen LogP contribution in [0.5, 0.6) is 11.5 Å². The highest BCUT2D eigenvalue weighted by molar-refractivity contribution is 7.22. The SMILES string of the molecule is COc1cccc(OC)c1C(=O)Nc1nc2cc(C)cc(C)c2s1. The predicted octanol–water partition coefficient (Wildman–Crippen LogP) is 4.18. The Morgan fingerprint density at radius 1 is 1.12 bits per heavy atom. The van der Waals surface area contributed by atoms with Crippen molar-refractivity contribution >= 4 is 32.6 Å². The molecule has 0 atom stereocenters. The first-order valence-electron chi connectivity index (χ1n) is 7.43. The van der Waals surface area contributed by atoms with Gasteiger partial charge < -0.3 is 9.47 Å². The lowest BCUT2D eigenvalue weighted by Crippen LogP contribution is -2.14. The Hall–Kier alpha value is -2.60. The molecule has 0 radical (unpaired) electrons. The summed E-state index contributed by atoms with van der Waals surface area (Å²) < 4.78 is 11.6. The van der Waals surface area contributed by atoms with Crippen LogP contribution in [-0.4, -0.2) is 25.1 Å². The quantitative estimate of drug-likeness (QED) is 0.772. The lowest BCUT2D eigenvalue weighted by atomic mass is 10.1. The van der Waals surface area contributed by atoms with E-state index in [4.69, 9.17) is 9.47 Å². The van der Waals surface area contributed by atoms with Gasteiger partial charge in [-0.3, -0.25) is 10.1 Å². The first-order chi connectivity index (χ1) is 11.5. The molecule has 0 bridgehead atoms. The van der Waals surface area contributed by atoms with Crippen LogP contribution in [0.1, 0.15) is 21.5 Å². The van der Waals surface area contributed by atoms with Gasteiger partial charge in [0.1, 0.15) is 17.1 Å². The molecular formula is C18H18N2O3S. The summed E-state index contributed by atoms with van der Waals surface area (Å²) in [6.07, 6.45) is 0. The molecule has 124 valence electrons. The Kier molecular flexibility index (Phi) is 4.40. The summed E-state index contributed by atoms with van der Waals surface area (Å²) in [6, 6.07) is 9.35. The van der Waals surface area contributed by atoms with Gasteiger partial charge in [0.15, 0.2) is 5.13 Å². The average Bonchev–Trinajstić information content (AvgIpc) is 2.96. The monoisotopic (exact) mass is 342 g/mol. The van der Waals surface area contributed by atoms with Gasteiger partial charge in [-0.05, 0) is 43.2 Å². The molecular weight excluding hydrogens is 324 g/mol. The maximum absolute atomic E-state index is 12.7. The molecule has 5 nitrogen and oxygen atoms in total. The fraction of sp³-hybridized carbons (Fsp3) is 0.222. The maximum Gasteiger partial charge on any atom is 0.265 e. The van der Waals surface area contributed by atoms with E-state index < -0.39 is 0 Å². The molecule has 0 unspecified atom stereocenters. The minimum absolute atomic E-state index is 0.308. The van der Waals surface area contributed by atoms with Gasteiger partial charge >= 0.3 is 0 Å². The van der Waals surface area contributed by atoms with Gasteiger partial charge in [0, 0.05) is 0 Å². The number of aryl methyl sites for hydroxylation is 2. The van der Waals surface area contributed by atoms with Crippen molar-refractivity contribution < 1.29 is 14.3 Å². The van der Waals surface area contributed by atoms with Crippen molar-refractivity contribution in [2.75, 3.05) is 19.5 Å². The molecule has 0 saturated carbocycles. The number of rotatable bonds is 4. The topological polar surface area (TPSA) is 60.5 Å². The molecule has 0 aliphatic carbocycles. The molecule has 1 amide bonds. The molecule has 1 N–H and O–H groups in total. The molecule has 24 heavy (non-hydrogen) atoms. The zero-order valence-corrected chi connectivity index (χ0v) is 14.8. The van der Waals surface area contributed by atoms with E-state index in [1.54, 1.807) is 18.2 Å². The van der Waals surface area contributed by atoms with Crippen molar-refractivity contribution in [1.82, 2.24) is 4.98 Å². The number of nitrogens with one attached hydrogen (secondary N) is 1. The van der Waals surface area contributed by atoms with Crippen molar-refractivity contribution in [1.29, 1.82) is 0 Å². The zero-order valence-electron chi connectivity index (χ0n) is 14.0. The average molecular weight is 342 g/mol. The van der Waals surface area contributed by atoms with Crippen LogP contribution in [-0.2, 0) is 0 Å². The van der Waals surface area contributed by atoms with Crippen LogP contribution < -0.4 is 14.8 Å². The minimum atomic E-state index is -0.308. The number of carbonyl (C=O) groups excluding carboxylic acids is 1. The number of methoxy groups -OCH3 is 2. The van der Waals surface area contributed by atoms with Crippen molar-refractivity contribution in [3.05, 3.63) is 47.0 Å². The lowest BCUT2D eigenvalue weighted by Gasteiger charge is -2.11. The largest absolute Gasteiger partial charge is 0.496 e. The molecule has 0 saturated heterocycles. The third-order valence-electron chi connectivity index (χ3n) is 3.70. The third kappa shape index (κ3) is 2.92. The van der Waals surface area contributed by atoms with E-state index in [0.29, 0.717) is 22.2 Å². The smallest absolute Gasteiger partial charge is 0.265 e. The molecule has 1 heterocycles. The van der Waals surface area contributed by atoms with Crippen molar-refractivity contribution in [2.45, 2.75) is 13.8 Å². The van der Waals surface area contributed by atoms with Crippen LogP contribution in [0.2, 0.25) is 0 Å². The number of anilines is 1. The third-order valence-corrected chi connectivity index (χ3v) is 4.82. The van der Waals surface area contributed by atoms with Crippen LogP contribution in [0, 0.1) is 13.8 Å². The van der Waals surface area contributed by atoms with Gasteiger partial charge in [0.05, 0.1) is 24.4 Å². The Labute approximate surface area is 144 Å². The molecule has 1 aromatic heterocycles. The summed E-state index contributed by atoms with van der Waals surface area (Å²) in [5, 5.41) is 3.40. The number of hydrogen-bond acceptors (Lipinski definition) is 5. The van der Waals surface area contributed by atoms with Gasteiger partial charge in [0.25, 0.3) is 5.91 Å². The molecule has 3 aromatic rings. The zero-order chi connectivity index (χ0) is 17.3. The first-order valence-corrected chi connectivity index (χ1v) is 8.25. The Morgan fingerprint density at radius 2 is 1.79 bits per heavy atom. The van der Waals surface area contributed by atoms with Gasteiger partial charge in [0.2, 0.25) is 0 Å². The van der Waals surface area contributed by atoms with Crippen LogP contribution in [0.25, 0.3) is 10.2 Å². The number of thiazole rings is 1. The van der Waals surface area contributed by atoms with Crippen LogP contribution >= 0.6 is 11.3 Å². The summed E-state index contributed by atoms with van der Waals surface area (Å²) in [7, 11) is 3.05. The Balaban J connectivity index is 1.97. The van der Waals surface area contributed by atoms with Gasteiger partial charge in [-0.15, -0.1) is 0 Å². The first kappa shape index (κ1) is 16.3. The predicted molar refractivity (Wildman–Crippen MR) is 96.6 cm³/mol. The summed E-state index contributed by atoms with van der Waals surface area (Å²) in [5.74, 6) is 0.609. The number of aromatic nitrogens is 1. The van der Waals surface area contributed by atoms with E-state index in [-0.39, 0.29) is 5.91 Å². The fourth-order valence-electron chi connectivity index (χ4n) is 2.66. The summed E-state index contributed by atoms with van der Waals surface area (Å²) in [5.41, 5.74) is 3.54. The van der Waals surface area contributed by atoms with Crippen LogP contribution in [0.4, 0.5) is 5.13 Å². The van der Waals surface area contributed by atoms with Gasteiger partial charge in [-0.25, -0.2) is 4.98 Å². The highest BCUT2D eigenvalue weighted by Crippen LogP contribution is 2.32. The fourth-order valence-corrected chi connectivity index (χ4v) is 3.57. The van der Waals surface area contributed by atoms with Crippen molar-refractivity contribution in [3.8, 4) is 11.5 Å².